The zero-order valence-electron chi connectivity index (χ0n) is 8.53. The average molecular weight is 219 g/mol. The molecule has 5 heteroatoms. The number of carboxylic acids is 1. The number of rotatable bonds is 8. The van der Waals surface area contributed by atoms with E-state index in [0.717, 1.165) is 12.2 Å². The van der Waals surface area contributed by atoms with Crippen molar-refractivity contribution in [2.45, 2.75) is 26.3 Å². The van der Waals surface area contributed by atoms with Crippen LogP contribution >= 0.6 is 11.8 Å². The highest BCUT2D eigenvalue weighted by molar-refractivity contribution is 7.99. The largest absolute Gasteiger partial charge is 0.480 e. The number of hydrogen-bond acceptors (Lipinski definition) is 3. The fraction of sp³-hybridized carbons (Fsp3) is 0.778. The molecule has 0 heterocycles. The highest BCUT2D eigenvalue weighted by Gasteiger charge is 2.15. The second-order valence-corrected chi connectivity index (χ2v) is 4.58. The molecule has 0 radical (unpaired) electrons. The van der Waals surface area contributed by atoms with Crippen molar-refractivity contribution in [3.8, 4) is 0 Å². The molecule has 1 amide bonds. The second-order valence-electron chi connectivity index (χ2n) is 3.43. The summed E-state index contributed by atoms with van der Waals surface area (Å²) in [7, 11) is 0. The molecular formula is C9H17NO3S. The van der Waals surface area contributed by atoms with Gasteiger partial charge >= 0.3 is 5.97 Å². The Bertz CT molecular complexity index is 185. The quantitative estimate of drug-likeness (QED) is 0.471. The number of amides is 1. The summed E-state index contributed by atoms with van der Waals surface area (Å²) in [6.45, 7) is 4.25. The lowest BCUT2D eigenvalue weighted by Crippen LogP contribution is -2.37. The normalized spacial score (nSPS) is 12.5. The Morgan fingerprint density at radius 3 is 2.64 bits per heavy atom. The molecule has 1 unspecified atom stereocenters. The standard InChI is InChI=1S/C9H17NO3S/c1-7(2)3-4-14-5-8(9(12)13)10-6-11/h6-8H,3-5H2,1-2H3,(H,10,11)(H,12,13). The van der Waals surface area contributed by atoms with E-state index >= 15 is 0 Å². The van der Waals surface area contributed by atoms with Crippen molar-refractivity contribution in [1.82, 2.24) is 5.32 Å². The van der Waals surface area contributed by atoms with Gasteiger partial charge in [-0.3, -0.25) is 4.79 Å². The van der Waals surface area contributed by atoms with E-state index in [1.807, 2.05) is 0 Å². The van der Waals surface area contributed by atoms with Crippen molar-refractivity contribution in [3.05, 3.63) is 0 Å². The van der Waals surface area contributed by atoms with Crippen molar-refractivity contribution < 1.29 is 14.7 Å². The van der Waals surface area contributed by atoms with Gasteiger partial charge in [0.2, 0.25) is 6.41 Å². The molecule has 0 aliphatic heterocycles. The van der Waals surface area contributed by atoms with Gasteiger partial charge < -0.3 is 10.4 Å². The van der Waals surface area contributed by atoms with Crippen LogP contribution in [0.4, 0.5) is 0 Å². The molecule has 0 aromatic carbocycles. The molecule has 0 aromatic heterocycles. The highest BCUT2D eigenvalue weighted by atomic mass is 32.2. The van der Waals surface area contributed by atoms with Gasteiger partial charge in [0.15, 0.2) is 0 Å². The molecule has 0 aliphatic carbocycles. The predicted octanol–water partition coefficient (Wildman–Crippen LogP) is 0.965. The van der Waals surface area contributed by atoms with E-state index in [-0.39, 0.29) is 0 Å². The van der Waals surface area contributed by atoms with Crippen LogP contribution in [0.3, 0.4) is 0 Å². The van der Waals surface area contributed by atoms with E-state index in [1.165, 1.54) is 0 Å². The van der Waals surface area contributed by atoms with Crippen molar-refractivity contribution >= 4 is 24.1 Å². The smallest absolute Gasteiger partial charge is 0.327 e. The minimum absolute atomic E-state index is 0.431. The summed E-state index contributed by atoms with van der Waals surface area (Å²) in [5.41, 5.74) is 0. The molecule has 0 fully saturated rings. The van der Waals surface area contributed by atoms with E-state index in [2.05, 4.69) is 19.2 Å². The Morgan fingerprint density at radius 1 is 1.57 bits per heavy atom. The first-order chi connectivity index (χ1) is 6.57. The molecule has 0 rings (SSSR count). The molecular weight excluding hydrogens is 202 g/mol. The number of carbonyl (C=O) groups is 2. The monoisotopic (exact) mass is 219 g/mol. The van der Waals surface area contributed by atoms with Crippen molar-refractivity contribution in [3.63, 3.8) is 0 Å². The van der Waals surface area contributed by atoms with Crippen LogP contribution in [0.25, 0.3) is 0 Å². The minimum atomic E-state index is -0.978. The lowest BCUT2D eigenvalue weighted by Gasteiger charge is -2.10. The summed E-state index contributed by atoms with van der Waals surface area (Å²) >= 11 is 1.56. The molecule has 14 heavy (non-hydrogen) atoms. The Hall–Kier alpha value is -0.710. The Balaban J connectivity index is 3.61. The molecule has 1 atom stereocenters. The SMILES string of the molecule is CC(C)CCSCC(NC=O)C(=O)O. The molecule has 0 aromatic rings. The molecule has 0 aliphatic rings. The summed E-state index contributed by atoms with van der Waals surface area (Å²) in [4.78, 5) is 20.7. The van der Waals surface area contributed by atoms with Gasteiger partial charge in [-0.15, -0.1) is 0 Å². The van der Waals surface area contributed by atoms with Gasteiger partial charge in [-0.05, 0) is 18.1 Å². The zero-order chi connectivity index (χ0) is 11.0. The van der Waals surface area contributed by atoms with Crippen molar-refractivity contribution in [2.24, 2.45) is 5.92 Å². The van der Waals surface area contributed by atoms with E-state index < -0.39 is 12.0 Å². The van der Waals surface area contributed by atoms with Crippen LogP contribution in [-0.4, -0.2) is 35.0 Å². The zero-order valence-corrected chi connectivity index (χ0v) is 9.34. The number of thioether (sulfide) groups is 1. The van der Waals surface area contributed by atoms with Gasteiger partial charge in [0.25, 0.3) is 0 Å². The van der Waals surface area contributed by atoms with Crippen LogP contribution in [0.1, 0.15) is 20.3 Å². The van der Waals surface area contributed by atoms with Crippen LogP contribution < -0.4 is 5.32 Å². The Kier molecular flexibility index (Phi) is 7.28. The highest BCUT2D eigenvalue weighted by Crippen LogP contribution is 2.09. The van der Waals surface area contributed by atoms with Gasteiger partial charge in [0, 0.05) is 5.75 Å². The number of carbonyl (C=O) groups excluding carboxylic acids is 1. The van der Waals surface area contributed by atoms with E-state index in [0.29, 0.717) is 18.1 Å². The van der Waals surface area contributed by atoms with Gasteiger partial charge in [-0.1, -0.05) is 13.8 Å². The summed E-state index contributed by atoms with van der Waals surface area (Å²) < 4.78 is 0. The van der Waals surface area contributed by atoms with Crippen molar-refractivity contribution in [2.75, 3.05) is 11.5 Å². The first-order valence-electron chi connectivity index (χ1n) is 4.58. The summed E-state index contributed by atoms with van der Waals surface area (Å²) in [5, 5.41) is 10.9. The number of hydrogen-bond donors (Lipinski definition) is 2. The summed E-state index contributed by atoms with van der Waals surface area (Å²) in [6, 6.07) is -0.760. The number of carboxylic acid groups (broad SMARTS) is 1. The lowest BCUT2D eigenvalue weighted by atomic mass is 10.2. The first kappa shape index (κ1) is 13.3. The summed E-state index contributed by atoms with van der Waals surface area (Å²) in [6.07, 6.45) is 1.50. The Morgan fingerprint density at radius 2 is 2.21 bits per heavy atom. The topological polar surface area (TPSA) is 66.4 Å². The molecule has 0 bridgehead atoms. The maximum absolute atomic E-state index is 10.6. The van der Waals surface area contributed by atoms with E-state index in [1.54, 1.807) is 11.8 Å². The fourth-order valence-corrected chi connectivity index (χ4v) is 2.07. The van der Waals surface area contributed by atoms with Crippen LogP contribution in [0.2, 0.25) is 0 Å². The lowest BCUT2D eigenvalue weighted by molar-refractivity contribution is -0.139. The fourth-order valence-electron chi connectivity index (χ4n) is 0.793. The first-order valence-corrected chi connectivity index (χ1v) is 5.73. The number of aliphatic carboxylic acids is 1. The summed E-state index contributed by atoms with van der Waals surface area (Å²) in [5.74, 6) is 1.02. The van der Waals surface area contributed by atoms with Crippen LogP contribution in [0.5, 0.6) is 0 Å². The minimum Gasteiger partial charge on any atom is -0.480 e. The molecule has 82 valence electrons. The second kappa shape index (κ2) is 7.67. The third-order valence-corrected chi connectivity index (χ3v) is 2.78. The molecule has 4 nitrogen and oxygen atoms in total. The van der Waals surface area contributed by atoms with Gasteiger partial charge in [-0.25, -0.2) is 4.79 Å². The van der Waals surface area contributed by atoms with Crippen LogP contribution in [0, 0.1) is 5.92 Å². The van der Waals surface area contributed by atoms with Crippen molar-refractivity contribution in [1.29, 1.82) is 0 Å². The molecule has 0 saturated carbocycles. The third-order valence-electron chi connectivity index (χ3n) is 1.69. The van der Waals surface area contributed by atoms with Gasteiger partial charge in [0.1, 0.15) is 6.04 Å². The van der Waals surface area contributed by atoms with Crippen LogP contribution in [0.15, 0.2) is 0 Å². The molecule has 0 spiro atoms. The average Bonchev–Trinajstić information content (AvgIpc) is 2.09. The van der Waals surface area contributed by atoms with Gasteiger partial charge in [0.05, 0.1) is 0 Å². The third kappa shape index (κ3) is 6.77. The van der Waals surface area contributed by atoms with E-state index in [4.69, 9.17) is 5.11 Å². The predicted molar refractivity (Wildman–Crippen MR) is 57.4 cm³/mol. The maximum Gasteiger partial charge on any atom is 0.327 e. The molecule has 2 N–H and O–H groups in total. The molecule has 0 saturated heterocycles. The maximum atomic E-state index is 10.6. The van der Waals surface area contributed by atoms with E-state index in [9.17, 15) is 9.59 Å². The van der Waals surface area contributed by atoms with Gasteiger partial charge in [-0.2, -0.15) is 11.8 Å². The number of nitrogens with one attached hydrogen (secondary N) is 1. The Labute approximate surface area is 88.4 Å². The van der Waals surface area contributed by atoms with Crippen LogP contribution in [-0.2, 0) is 9.59 Å².